The molecule has 1 aliphatic heterocycles. The van der Waals surface area contributed by atoms with Crippen LogP contribution >= 0.6 is 0 Å². The van der Waals surface area contributed by atoms with Crippen molar-refractivity contribution in [2.75, 3.05) is 19.0 Å². The number of carbonyl (C=O) groups is 1. The number of anilines is 1. The minimum atomic E-state index is -3.85. The van der Waals surface area contributed by atoms with Crippen LogP contribution in [0.15, 0.2) is 41.5 Å². The molecule has 4 rings (SSSR count). The molecule has 1 saturated carbocycles. The SMILES string of the molecule is C#CCOc1ccc(C(=O)Nc2ccc(F)c(C3(C)N=C(N)N(C)S(=O)(=O)C34CC4)c2)nc1. The Labute approximate surface area is 190 Å². The number of pyridine rings is 1. The van der Waals surface area contributed by atoms with Gasteiger partial charge in [-0.2, -0.15) is 0 Å². The zero-order valence-electron chi connectivity index (χ0n) is 18.0. The lowest BCUT2D eigenvalue weighted by molar-refractivity contribution is 0.102. The highest BCUT2D eigenvalue weighted by atomic mass is 32.2. The number of carbonyl (C=O) groups excluding carboxylic acids is 1. The van der Waals surface area contributed by atoms with E-state index in [9.17, 15) is 17.6 Å². The number of sulfonamides is 1. The maximum absolute atomic E-state index is 15.0. The second kappa shape index (κ2) is 7.74. The Morgan fingerprint density at radius 2 is 2.09 bits per heavy atom. The van der Waals surface area contributed by atoms with E-state index in [-0.39, 0.29) is 29.5 Å². The summed E-state index contributed by atoms with van der Waals surface area (Å²) in [6.45, 7) is 1.63. The quantitative estimate of drug-likeness (QED) is 0.641. The Morgan fingerprint density at radius 1 is 1.36 bits per heavy atom. The number of nitrogens with one attached hydrogen (secondary N) is 1. The van der Waals surface area contributed by atoms with E-state index in [1.807, 2.05) is 0 Å². The number of halogens is 1. The van der Waals surface area contributed by atoms with Crippen LogP contribution in [0.5, 0.6) is 5.75 Å². The van der Waals surface area contributed by atoms with Gasteiger partial charge in [0.25, 0.3) is 5.91 Å². The van der Waals surface area contributed by atoms with Crippen LogP contribution in [-0.2, 0) is 15.6 Å². The van der Waals surface area contributed by atoms with E-state index < -0.39 is 32.0 Å². The molecule has 1 fully saturated rings. The van der Waals surface area contributed by atoms with Gasteiger partial charge in [0, 0.05) is 18.3 Å². The van der Waals surface area contributed by atoms with E-state index >= 15 is 0 Å². The fourth-order valence-electron chi connectivity index (χ4n) is 4.10. The number of guanidine groups is 1. The summed E-state index contributed by atoms with van der Waals surface area (Å²) in [5.74, 6) is 1.33. The van der Waals surface area contributed by atoms with Gasteiger partial charge in [0.1, 0.15) is 34.2 Å². The second-order valence-electron chi connectivity index (χ2n) is 8.03. The van der Waals surface area contributed by atoms with Crippen LogP contribution in [0.1, 0.15) is 35.8 Å². The van der Waals surface area contributed by atoms with E-state index in [1.165, 1.54) is 31.4 Å². The van der Waals surface area contributed by atoms with Crippen LogP contribution in [0.3, 0.4) is 0 Å². The van der Waals surface area contributed by atoms with Crippen LogP contribution in [-0.4, -0.2) is 48.0 Å². The Hall–Kier alpha value is -3.65. The average molecular weight is 472 g/mol. The molecule has 1 amide bonds. The summed E-state index contributed by atoms with van der Waals surface area (Å²) in [5.41, 5.74) is 4.81. The maximum Gasteiger partial charge on any atom is 0.274 e. The van der Waals surface area contributed by atoms with Crippen LogP contribution in [0.2, 0.25) is 0 Å². The number of hydrogen-bond donors (Lipinski definition) is 2. The third kappa shape index (κ3) is 3.47. The summed E-state index contributed by atoms with van der Waals surface area (Å²) in [6, 6.07) is 6.93. The molecule has 1 aliphatic carbocycles. The van der Waals surface area contributed by atoms with Gasteiger partial charge in [-0.15, -0.1) is 6.42 Å². The number of rotatable bonds is 5. The van der Waals surface area contributed by atoms with Crippen molar-refractivity contribution in [2.24, 2.45) is 10.7 Å². The predicted molar refractivity (Wildman–Crippen MR) is 121 cm³/mol. The summed E-state index contributed by atoms with van der Waals surface area (Å²) in [5, 5.41) is 2.65. The molecule has 33 heavy (non-hydrogen) atoms. The van der Waals surface area contributed by atoms with Crippen LogP contribution in [0.4, 0.5) is 10.1 Å². The summed E-state index contributed by atoms with van der Waals surface area (Å²) >= 11 is 0. The summed E-state index contributed by atoms with van der Waals surface area (Å²) in [7, 11) is -2.52. The number of nitrogens with two attached hydrogens (primary N) is 1. The largest absolute Gasteiger partial charge is 0.479 e. The van der Waals surface area contributed by atoms with Crippen molar-refractivity contribution in [1.29, 1.82) is 0 Å². The molecule has 2 aliphatic rings. The Bertz CT molecular complexity index is 1300. The van der Waals surface area contributed by atoms with E-state index in [4.69, 9.17) is 16.9 Å². The molecule has 172 valence electrons. The summed E-state index contributed by atoms with van der Waals surface area (Å²) < 4.78 is 46.0. The first-order valence-electron chi connectivity index (χ1n) is 10.0. The van der Waals surface area contributed by atoms with Gasteiger partial charge >= 0.3 is 0 Å². The molecule has 1 aromatic carbocycles. The first kappa shape index (κ1) is 22.5. The molecule has 11 heteroatoms. The van der Waals surface area contributed by atoms with Gasteiger partial charge < -0.3 is 15.8 Å². The van der Waals surface area contributed by atoms with Crippen molar-refractivity contribution < 1.29 is 22.3 Å². The first-order valence-corrected chi connectivity index (χ1v) is 11.5. The number of aliphatic imine (C=N–C) groups is 1. The van der Waals surface area contributed by atoms with E-state index in [0.29, 0.717) is 18.6 Å². The minimum absolute atomic E-state index is 0.0309. The van der Waals surface area contributed by atoms with Crippen LogP contribution in [0, 0.1) is 18.2 Å². The standard InChI is InChI=1S/C22H22FN5O4S/c1-4-11-32-15-6-8-18(25-13-15)19(29)26-14-5-7-17(23)16(12-14)21(2)22(9-10-22)33(30,31)28(3)20(24)27-21/h1,5-8,12-13H,9-11H2,2-3H3,(H2,24,27)(H,26,29). The summed E-state index contributed by atoms with van der Waals surface area (Å²) in [4.78, 5) is 21.1. The highest BCUT2D eigenvalue weighted by molar-refractivity contribution is 7.91. The topological polar surface area (TPSA) is 127 Å². The molecule has 2 heterocycles. The normalized spacial score (nSPS) is 22.2. The maximum atomic E-state index is 15.0. The molecule has 0 saturated heterocycles. The molecule has 1 unspecified atom stereocenters. The van der Waals surface area contributed by atoms with Crippen molar-refractivity contribution in [3.8, 4) is 18.1 Å². The Kier molecular flexibility index (Phi) is 5.29. The number of aromatic nitrogens is 1. The van der Waals surface area contributed by atoms with Gasteiger partial charge in [-0.05, 0) is 50.1 Å². The minimum Gasteiger partial charge on any atom is -0.479 e. The van der Waals surface area contributed by atoms with E-state index in [2.05, 4.69) is 21.2 Å². The fourth-order valence-corrected chi connectivity index (χ4v) is 6.19. The molecule has 2 aromatic rings. The monoisotopic (exact) mass is 471 g/mol. The zero-order chi connectivity index (χ0) is 24.0. The molecular formula is C22H22FN5O4S. The van der Waals surface area contributed by atoms with E-state index in [1.54, 1.807) is 13.0 Å². The predicted octanol–water partition coefficient (Wildman–Crippen LogP) is 1.82. The smallest absolute Gasteiger partial charge is 0.274 e. The lowest BCUT2D eigenvalue weighted by Crippen LogP contribution is -2.58. The van der Waals surface area contributed by atoms with Gasteiger partial charge in [0.05, 0.1) is 6.20 Å². The number of hydrogen-bond acceptors (Lipinski definition) is 7. The molecule has 0 radical (unpaired) electrons. The van der Waals surface area contributed by atoms with Gasteiger partial charge in [-0.25, -0.2) is 27.1 Å². The number of amides is 1. The average Bonchev–Trinajstić information content (AvgIpc) is 3.61. The number of ether oxygens (including phenoxy) is 1. The molecule has 0 bridgehead atoms. The zero-order valence-corrected chi connectivity index (χ0v) is 18.8. The van der Waals surface area contributed by atoms with Gasteiger partial charge in [-0.3, -0.25) is 4.79 Å². The molecule has 3 N–H and O–H groups in total. The number of terminal acetylenes is 1. The van der Waals surface area contributed by atoms with Crippen molar-refractivity contribution in [2.45, 2.75) is 30.1 Å². The van der Waals surface area contributed by atoms with Gasteiger partial charge in [0.15, 0.2) is 0 Å². The molecule has 1 aromatic heterocycles. The fraction of sp³-hybridized carbons (Fsp3) is 0.318. The Balaban J connectivity index is 1.65. The highest BCUT2D eigenvalue weighted by Crippen LogP contribution is 2.60. The molecule has 1 atom stereocenters. The van der Waals surface area contributed by atoms with Crippen molar-refractivity contribution in [1.82, 2.24) is 9.29 Å². The number of nitrogens with zero attached hydrogens (tertiary/aromatic N) is 3. The molecular weight excluding hydrogens is 449 g/mol. The van der Waals surface area contributed by atoms with Crippen LogP contribution < -0.4 is 15.8 Å². The van der Waals surface area contributed by atoms with Crippen molar-refractivity contribution in [3.05, 3.63) is 53.6 Å². The molecule has 1 spiro atoms. The van der Waals surface area contributed by atoms with E-state index in [0.717, 1.165) is 10.4 Å². The highest BCUT2D eigenvalue weighted by Gasteiger charge is 2.70. The second-order valence-corrected chi connectivity index (χ2v) is 10.3. The lowest BCUT2D eigenvalue weighted by Gasteiger charge is -2.42. The van der Waals surface area contributed by atoms with Gasteiger partial charge in [-0.1, -0.05) is 5.92 Å². The lowest BCUT2D eigenvalue weighted by atomic mass is 9.86. The van der Waals surface area contributed by atoms with Crippen LogP contribution in [0.25, 0.3) is 0 Å². The molecule has 9 nitrogen and oxygen atoms in total. The Morgan fingerprint density at radius 3 is 2.70 bits per heavy atom. The summed E-state index contributed by atoms with van der Waals surface area (Å²) in [6.07, 6.45) is 7.14. The first-order chi connectivity index (χ1) is 15.6. The third-order valence-electron chi connectivity index (χ3n) is 6.15. The van der Waals surface area contributed by atoms with Crippen molar-refractivity contribution in [3.63, 3.8) is 0 Å². The third-order valence-corrected chi connectivity index (χ3v) is 8.85. The number of benzene rings is 1. The van der Waals surface area contributed by atoms with Gasteiger partial charge in [0.2, 0.25) is 16.0 Å². The van der Waals surface area contributed by atoms with Crippen molar-refractivity contribution >= 4 is 27.6 Å².